The van der Waals surface area contributed by atoms with Crippen molar-refractivity contribution in [1.29, 1.82) is 0 Å². The van der Waals surface area contributed by atoms with Crippen LogP contribution in [-0.2, 0) is 21.8 Å². The van der Waals surface area contributed by atoms with Gasteiger partial charge in [-0.3, -0.25) is 14.0 Å². The van der Waals surface area contributed by atoms with Crippen LogP contribution in [-0.4, -0.2) is 42.8 Å². The second kappa shape index (κ2) is 12.9. The van der Waals surface area contributed by atoms with Gasteiger partial charge >= 0.3 is 5.91 Å². The molecular weight excluding hydrogens is 422 g/mol. The number of nitrogens with zero attached hydrogens (tertiary/aromatic N) is 1. The van der Waals surface area contributed by atoms with Gasteiger partial charge in [0.15, 0.2) is 0 Å². The predicted molar refractivity (Wildman–Crippen MR) is 131 cm³/mol. The lowest BCUT2D eigenvalue weighted by Gasteiger charge is -2.50. The molecule has 2 atom stereocenters. The summed E-state index contributed by atoms with van der Waals surface area (Å²) < 4.78 is 14.4. The first-order valence-electron chi connectivity index (χ1n) is 11.7. The van der Waals surface area contributed by atoms with Crippen molar-refractivity contribution >= 4 is 0 Å². The first-order valence-corrected chi connectivity index (χ1v) is 11.7. The summed E-state index contributed by atoms with van der Waals surface area (Å²) in [6.45, 7) is 14.8. The van der Waals surface area contributed by atoms with E-state index in [-0.39, 0.29) is 23.5 Å². The molecule has 0 aliphatic heterocycles. The number of allylic oxidation sites excluding steroid dienone is 2. The van der Waals surface area contributed by atoms with Crippen LogP contribution in [0.3, 0.4) is 0 Å². The van der Waals surface area contributed by atoms with Crippen LogP contribution >= 0.6 is 0 Å². The molecule has 0 saturated carbocycles. The second-order valence-electron chi connectivity index (χ2n) is 10.1. The third-order valence-electron chi connectivity index (χ3n) is 6.10. The van der Waals surface area contributed by atoms with Crippen molar-refractivity contribution in [3.63, 3.8) is 0 Å². The van der Waals surface area contributed by atoms with Crippen molar-refractivity contribution in [3.8, 4) is 0 Å². The quantitative estimate of drug-likeness (QED) is 0.371. The summed E-state index contributed by atoms with van der Waals surface area (Å²) in [6, 6.07) is 8.92. The van der Waals surface area contributed by atoms with Gasteiger partial charge in [0, 0.05) is 0 Å². The minimum atomic E-state index is -0.871. The third-order valence-corrected chi connectivity index (χ3v) is 6.10. The largest absolute Gasteiger partial charge is 1.00 e. The van der Waals surface area contributed by atoms with Crippen LogP contribution in [0.25, 0.3) is 0 Å². The van der Waals surface area contributed by atoms with Gasteiger partial charge in [-0.05, 0) is 62.6 Å². The lowest BCUT2D eigenvalue weighted by molar-refractivity contribution is -1.01. The van der Waals surface area contributed by atoms with E-state index in [2.05, 4.69) is 104 Å². The highest BCUT2D eigenvalue weighted by molar-refractivity contribution is 5.26. The molecule has 0 amide bonds. The Morgan fingerprint density at radius 3 is 2.06 bits per heavy atom. The SMILES string of the molecule is CCOC(OC1(CC(C)C)C=CC=CC1)(c1ccc(CC(C)C)cc1)[N+](C)(C)CC.O.[Cl-]. The van der Waals surface area contributed by atoms with E-state index in [1.807, 2.05) is 0 Å². The van der Waals surface area contributed by atoms with Crippen molar-refractivity contribution < 1.29 is 31.8 Å². The smallest absolute Gasteiger partial charge is 0.348 e. The Kier molecular flexibility index (Phi) is 12.4. The first-order chi connectivity index (χ1) is 14.1. The number of rotatable bonds is 11. The number of halogens is 1. The van der Waals surface area contributed by atoms with Crippen LogP contribution in [0.4, 0.5) is 0 Å². The second-order valence-corrected chi connectivity index (χ2v) is 10.1. The minimum Gasteiger partial charge on any atom is -1.00 e. The van der Waals surface area contributed by atoms with Crippen LogP contribution in [0.15, 0.2) is 48.6 Å². The summed E-state index contributed by atoms with van der Waals surface area (Å²) in [5, 5.41) is 0. The molecule has 0 fully saturated rings. The maximum atomic E-state index is 7.19. The van der Waals surface area contributed by atoms with Crippen molar-refractivity contribution in [3.05, 3.63) is 59.7 Å². The van der Waals surface area contributed by atoms with E-state index < -0.39 is 5.91 Å². The van der Waals surface area contributed by atoms with E-state index in [1.165, 1.54) is 5.56 Å². The fourth-order valence-corrected chi connectivity index (χ4v) is 4.43. The van der Waals surface area contributed by atoms with Crippen LogP contribution in [0.1, 0.15) is 65.5 Å². The monoisotopic (exact) mass is 467 g/mol. The highest BCUT2D eigenvalue weighted by atomic mass is 35.5. The van der Waals surface area contributed by atoms with Crippen LogP contribution < -0.4 is 12.4 Å². The van der Waals surface area contributed by atoms with Crippen molar-refractivity contribution in [2.75, 3.05) is 27.2 Å². The van der Waals surface area contributed by atoms with Gasteiger partial charge in [0.05, 0.1) is 38.4 Å². The van der Waals surface area contributed by atoms with Crippen molar-refractivity contribution in [2.45, 2.75) is 72.3 Å². The van der Waals surface area contributed by atoms with E-state index in [9.17, 15) is 0 Å². The predicted octanol–water partition coefficient (Wildman–Crippen LogP) is 2.63. The molecule has 5 heteroatoms. The van der Waals surface area contributed by atoms with Crippen molar-refractivity contribution in [2.24, 2.45) is 11.8 Å². The molecule has 0 bridgehead atoms. The molecule has 0 radical (unpaired) electrons. The van der Waals surface area contributed by atoms with Gasteiger partial charge in [0.2, 0.25) is 0 Å². The van der Waals surface area contributed by atoms with Crippen LogP contribution in [0.5, 0.6) is 0 Å². The Morgan fingerprint density at radius 1 is 1.00 bits per heavy atom. The molecule has 1 aromatic carbocycles. The normalized spacial score (nSPS) is 20.1. The molecule has 0 heterocycles. The number of quaternary nitrogens is 1. The Labute approximate surface area is 203 Å². The molecule has 32 heavy (non-hydrogen) atoms. The van der Waals surface area contributed by atoms with Crippen LogP contribution in [0.2, 0.25) is 0 Å². The molecule has 2 unspecified atom stereocenters. The number of ether oxygens (including phenoxy) is 2. The number of hydrogen-bond acceptors (Lipinski definition) is 2. The highest BCUT2D eigenvalue weighted by Crippen LogP contribution is 2.43. The maximum absolute atomic E-state index is 7.19. The zero-order valence-corrected chi connectivity index (χ0v) is 22.2. The Balaban J connectivity index is 0.00000480. The average Bonchev–Trinajstić information content (AvgIpc) is 2.67. The van der Waals surface area contributed by atoms with Gasteiger partial charge in [-0.25, -0.2) is 0 Å². The van der Waals surface area contributed by atoms with E-state index in [1.54, 1.807) is 0 Å². The summed E-state index contributed by atoms with van der Waals surface area (Å²) in [4.78, 5) is 0. The summed E-state index contributed by atoms with van der Waals surface area (Å²) in [5.74, 6) is 0.288. The highest BCUT2D eigenvalue weighted by Gasteiger charge is 2.54. The molecule has 4 nitrogen and oxygen atoms in total. The molecule has 0 saturated heterocycles. The zero-order chi connectivity index (χ0) is 22.4. The van der Waals surface area contributed by atoms with Gasteiger partial charge in [0.25, 0.3) is 0 Å². The molecule has 0 spiro atoms. The maximum Gasteiger partial charge on any atom is 0.348 e. The van der Waals surface area contributed by atoms with Gasteiger partial charge in [-0.2, -0.15) is 0 Å². The van der Waals surface area contributed by atoms with Crippen LogP contribution in [0, 0.1) is 11.8 Å². The molecule has 2 rings (SSSR count). The fourth-order valence-electron chi connectivity index (χ4n) is 4.43. The van der Waals surface area contributed by atoms with E-state index >= 15 is 0 Å². The Hall–Kier alpha value is -1.17. The topological polar surface area (TPSA) is 50.0 Å². The molecule has 1 aromatic rings. The van der Waals surface area contributed by atoms with Gasteiger partial charge < -0.3 is 17.9 Å². The number of hydrogen-bond donors (Lipinski definition) is 0. The minimum absolute atomic E-state index is 0. The molecule has 0 aromatic heterocycles. The standard InChI is InChI=1S/C27H44NO2.ClH.H2O/c1-9-28(7,8)27(29-10-2,25-16-14-24(15-17-25)20-22(3)4)30-26(21-23(5)6)18-12-11-13-19-26;;/h11-18,22-23H,9-10,19-21H2,1-8H3;1H;1H2/q+1;;/p-1. The molecular formula is C27H46ClNO3. The average molecular weight is 468 g/mol. The summed E-state index contributed by atoms with van der Waals surface area (Å²) >= 11 is 0. The molecule has 2 N–H and O–H groups in total. The van der Waals surface area contributed by atoms with Gasteiger partial charge in [0.1, 0.15) is 0 Å². The first kappa shape index (κ1) is 30.8. The fraction of sp³-hybridized carbons (Fsp3) is 0.630. The summed E-state index contributed by atoms with van der Waals surface area (Å²) in [6.07, 6.45) is 11.6. The van der Waals surface area contributed by atoms with Gasteiger partial charge in [-0.15, -0.1) is 0 Å². The van der Waals surface area contributed by atoms with E-state index in [0.29, 0.717) is 22.9 Å². The summed E-state index contributed by atoms with van der Waals surface area (Å²) in [5.41, 5.74) is 2.08. The molecule has 1 aliphatic rings. The van der Waals surface area contributed by atoms with E-state index in [0.717, 1.165) is 31.4 Å². The van der Waals surface area contributed by atoms with Gasteiger partial charge in [-0.1, -0.05) is 64.1 Å². The van der Waals surface area contributed by atoms with Crippen molar-refractivity contribution in [1.82, 2.24) is 0 Å². The summed E-state index contributed by atoms with van der Waals surface area (Å²) in [7, 11) is 4.42. The zero-order valence-electron chi connectivity index (χ0n) is 21.5. The Bertz CT molecular complexity index is 727. The third kappa shape index (κ3) is 7.16. The Morgan fingerprint density at radius 2 is 1.62 bits per heavy atom. The lowest BCUT2D eigenvalue weighted by atomic mass is 9.86. The molecule has 1 aliphatic carbocycles. The lowest BCUT2D eigenvalue weighted by Crippen LogP contribution is -3.00. The van der Waals surface area contributed by atoms with E-state index in [4.69, 9.17) is 9.47 Å². The number of benzene rings is 1. The molecule has 184 valence electrons.